The molecule has 2 aromatic carbocycles. The molecule has 5 heteroatoms. The van der Waals surface area contributed by atoms with Crippen LogP contribution in [-0.2, 0) is 6.42 Å². The summed E-state index contributed by atoms with van der Waals surface area (Å²) < 4.78 is 20.1. The van der Waals surface area contributed by atoms with E-state index in [9.17, 15) is 4.39 Å². The van der Waals surface area contributed by atoms with Gasteiger partial charge in [0.2, 0.25) is 0 Å². The molecule has 0 atom stereocenters. The number of nitriles is 1. The fraction of sp³-hybridized carbons (Fsp3) is 0.133. The summed E-state index contributed by atoms with van der Waals surface area (Å²) in [6.07, 6.45) is 0.630. The van der Waals surface area contributed by atoms with Crippen molar-refractivity contribution in [3.8, 4) is 17.6 Å². The fourth-order valence-electron chi connectivity index (χ4n) is 1.76. The van der Waals surface area contributed by atoms with Crippen LogP contribution < -0.4 is 4.74 Å². The first-order valence-electron chi connectivity index (χ1n) is 5.90. The number of aryl methyl sites for hydroxylation is 1. The number of benzene rings is 2. The lowest BCUT2D eigenvalue weighted by Gasteiger charge is -2.12. The van der Waals surface area contributed by atoms with Crippen LogP contribution in [0, 0.1) is 17.1 Å². The third-order valence-corrected chi connectivity index (χ3v) is 3.56. The normalized spacial score (nSPS) is 10.2. The molecule has 102 valence electrons. The first-order valence-corrected chi connectivity index (χ1v) is 7.07. The van der Waals surface area contributed by atoms with Crippen LogP contribution in [0.15, 0.2) is 34.8 Å². The molecule has 0 N–H and O–H groups in total. The Labute approximate surface area is 129 Å². The number of nitrogens with zero attached hydrogens (tertiary/aromatic N) is 1. The molecule has 0 amide bonds. The Morgan fingerprint density at radius 2 is 2.10 bits per heavy atom. The van der Waals surface area contributed by atoms with E-state index in [-0.39, 0.29) is 5.75 Å². The van der Waals surface area contributed by atoms with E-state index >= 15 is 0 Å². The molecule has 0 saturated carbocycles. The molecular weight excluding hydrogens is 345 g/mol. The van der Waals surface area contributed by atoms with Crippen LogP contribution in [0.4, 0.5) is 4.39 Å². The Hall–Kier alpha value is -1.57. The van der Waals surface area contributed by atoms with Gasteiger partial charge in [-0.1, -0.05) is 24.6 Å². The Morgan fingerprint density at radius 3 is 2.75 bits per heavy atom. The molecule has 0 unspecified atom stereocenters. The lowest BCUT2D eigenvalue weighted by atomic mass is 10.1. The highest BCUT2D eigenvalue weighted by atomic mass is 79.9. The number of rotatable bonds is 3. The minimum absolute atomic E-state index is 0.146. The van der Waals surface area contributed by atoms with Crippen molar-refractivity contribution in [3.63, 3.8) is 0 Å². The van der Waals surface area contributed by atoms with Gasteiger partial charge in [-0.05, 0) is 52.2 Å². The van der Waals surface area contributed by atoms with Crippen LogP contribution in [0.3, 0.4) is 0 Å². The highest BCUT2D eigenvalue weighted by Crippen LogP contribution is 2.34. The van der Waals surface area contributed by atoms with Gasteiger partial charge in [-0.2, -0.15) is 5.26 Å². The summed E-state index contributed by atoms with van der Waals surface area (Å²) in [6.45, 7) is 1.91. The van der Waals surface area contributed by atoms with E-state index in [0.29, 0.717) is 27.2 Å². The Bertz CT molecular complexity index is 697. The number of hydrogen-bond acceptors (Lipinski definition) is 2. The zero-order valence-corrected chi connectivity index (χ0v) is 12.9. The minimum Gasteiger partial charge on any atom is -0.454 e. The van der Waals surface area contributed by atoms with E-state index in [4.69, 9.17) is 21.6 Å². The van der Waals surface area contributed by atoms with Gasteiger partial charge in [-0.3, -0.25) is 0 Å². The molecule has 0 saturated heterocycles. The molecule has 0 radical (unpaired) electrons. The van der Waals surface area contributed by atoms with Crippen molar-refractivity contribution in [1.29, 1.82) is 5.26 Å². The summed E-state index contributed by atoms with van der Waals surface area (Å²) in [4.78, 5) is 0. The Kier molecular flexibility index (Phi) is 4.64. The van der Waals surface area contributed by atoms with Gasteiger partial charge in [0.1, 0.15) is 5.75 Å². The van der Waals surface area contributed by atoms with Gasteiger partial charge in [-0.15, -0.1) is 0 Å². The average molecular weight is 355 g/mol. The van der Waals surface area contributed by atoms with Crippen molar-refractivity contribution in [2.75, 3.05) is 0 Å². The summed E-state index contributed by atoms with van der Waals surface area (Å²) in [7, 11) is 0. The summed E-state index contributed by atoms with van der Waals surface area (Å²) in [5.74, 6) is 0.0108. The zero-order chi connectivity index (χ0) is 14.7. The van der Waals surface area contributed by atoms with Crippen LogP contribution in [0.25, 0.3) is 0 Å². The lowest BCUT2D eigenvalue weighted by Crippen LogP contribution is -1.95. The highest BCUT2D eigenvalue weighted by molar-refractivity contribution is 9.10. The number of hydrogen-bond donors (Lipinski definition) is 0. The Balaban J connectivity index is 2.47. The summed E-state index contributed by atoms with van der Waals surface area (Å²) in [5, 5.41) is 9.27. The molecule has 0 bridgehead atoms. The second-order valence-corrected chi connectivity index (χ2v) is 5.38. The fourth-order valence-corrected chi connectivity index (χ4v) is 2.30. The minimum atomic E-state index is -0.470. The van der Waals surface area contributed by atoms with Crippen LogP contribution in [0.5, 0.6) is 11.5 Å². The Morgan fingerprint density at radius 1 is 1.35 bits per heavy atom. The molecule has 2 rings (SSSR count). The molecule has 0 aliphatic carbocycles. The smallest absolute Gasteiger partial charge is 0.180 e. The van der Waals surface area contributed by atoms with Gasteiger partial charge in [-0.25, -0.2) is 4.39 Å². The monoisotopic (exact) mass is 353 g/mol. The van der Waals surface area contributed by atoms with Gasteiger partial charge in [0.25, 0.3) is 0 Å². The van der Waals surface area contributed by atoms with E-state index in [2.05, 4.69) is 15.9 Å². The van der Waals surface area contributed by atoms with Gasteiger partial charge in [0.05, 0.1) is 16.1 Å². The molecular formula is C15H10BrClFNO. The average Bonchev–Trinajstić information content (AvgIpc) is 2.43. The van der Waals surface area contributed by atoms with E-state index in [1.807, 2.05) is 13.0 Å². The van der Waals surface area contributed by atoms with Crippen molar-refractivity contribution < 1.29 is 9.13 Å². The summed E-state index contributed by atoms with van der Waals surface area (Å²) >= 11 is 9.04. The van der Waals surface area contributed by atoms with Gasteiger partial charge < -0.3 is 4.74 Å². The lowest BCUT2D eigenvalue weighted by molar-refractivity contribution is 0.435. The summed E-state index contributed by atoms with van der Waals surface area (Å²) in [6, 6.07) is 9.99. The number of ether oxygens (including phenoxy) is 1. The first-order chi connectivity index (χ1) is 9.55. The molecule has 2 nitrogen and oxygen atoms in total. The number of halogens is 3. The van der Waals surface area contributed by atoms with Crippen molar-refractivity contribution in [2.45, 2.75) is 13.3 Å². The molecule has 0 aliphatic heterocycles. The van der Waals surface area contributed by atoms with Gasteiger partial charge in [0, 0.05) is 5.02 Å². The van der Waals surface area contributed by atoms with Crippen LogP contribution in [-0.4, -0.2) is 0 Å². The maximum absolute atomic E-state index is 14.1. The van der Waals surface area contributed by atoms with Gasteiger partial charge >= 0.3 is 0 Å². The van der Waals surface area contributed by atoms with E-state index < -0.39 is 5.82 Å². The molecule has 0 aromatic heterocycles. The van der Waals surface area contributed by atoms with Crippen molar-refractivity contribution in [1.82, 2.24) is 0 Å². The third kappa shape index (κ3) is 3.12. The highest BCUT2D eigenvalue weighted by Gasteiger charge is 2.14. The molecule has 20 heavy (non-hydrogen) atoms. The maximum Gasteiger partial charge on any atom is 0.180 e. The quantitative estimate of drug-likeness (QED) is 0.732. The molecule has 0 aliphatic rings. The molecule has 0 spiro atoms. The summed E-state index contributed by atoms with van der Waals surface area (Å²) in [5.41, 5.74) is 1.10. The first kappa shape index (κ1) is 14.8. The standard InChI is InChI=1S/C15H10BrClFNO/c1-2-10-3-4-13(16)14(18)15(10)20-12-6-9(8-19)5-11(17)7-12/h3-7H,2H2,1H3. The molecule has 0 heterocycles. The van der Waals surface area contributed by atoms with E-state index in [1.165, 1.54) is 12.1 Å². The second-order valence-electron chi connectivity index (χ2n) is 4.09. The topological polar surface area (TPSA) is 33.0 Å². The maximum atomic E-state index is 14.1. The zero-order valence-electron chi connectivity index (χ0n) is 10.6. The van der Waals surface area contributed by atoms with Crippen LogP contribution in [0.2, 0.25) is 5.02 Å². The van der Waals surface area contributed by atoms with Crippen LogP contribution >= 0.6 is 27.5 Å². The second kappa shape index (κ2) is 6.25. The van der Waals surface area contributed by atoms with Crippen molar-refractivity contribution >= 4 is 27.5 Å². The van der Waals surface area contributed by atoms with E-state index in [0.717, 1.165) is 5.56 Å². The van der Waals surface area contributed by atoms with Gasteiger partial charge in [0.15, 0.2) is 11.6 Å². The van der Waals surface area contributed by atoms with Crippen molar-refractivity contribution in [2.24, 2.45) is 0 Å². The van der Waals surface area contributed by atoms with Crippen molar-refractivity contribution in [3.05, 3.63) is 56.8 Å². The van der Waals surface area contributed by atoms with Crippen LogP contribution in [0.1, 0.15) is 18.1 Å². The molecule has 0 fully saturated rings. The predicted octanol–water partition coefficient (Wildman–Crippen LogP) is 5.47. The largest absolute Gasteiger partial charge is 0.454 e. The third-order valence-electron chi connectivity index (χ3n) is 2.73. The van der Waals surface area contributed by atoms with E-state index in [1.54, 1.807) is 18.2 Å². The SMILES string of the molecule is CCc1ccc(Br)c(F)c1Oc1cc(Cl)cc(C#N)c1. The predicted molar refractivity (Wildman–Crippen MR) is 79.7 cm³/mol. The molecule has 2 aromatic rings.